The van der Waals surface area contributed by atoms with Crippen LogP contribution in [0.15, 0.2) is 18.2 Å². The van der Waals surface area contributed by atoms with E-state index in [-0.39, 0.29) is 11.6 Å². The molecule has 0 aliphatic heterocycles. The molecule has 1 aromatic carbocycles. The molecule has 0 spiro atoms. The first-order valence-electron chi connectivity index (χ1n) is 5.77. The van der Waals surface area contributed by atoms with Gasteiger partial charge in [-0.25, -0.2) is 8.78 Å². The Labute approximate surface area is 109 Å². The molecule has 4 nitrogen and oxygen atoms in total. The lowest BCUT2D eigenvalue weighted by Crippen LogP contribution is -2.31. The molecule has 0 radical (unpaired) electrons. The van der Waals surface area contributed by atoms with Gasteiger partial charge in [-0.1, -0.05) is 13.8 Å². The van der Waals surface area contributed by atoms with E-state index in [0.29, 0.717) is 6.07 Å². The fourth-order valence-corrected chi connectivity index (χ4v) is 1.19. The van der Waals surface area contributed by atoms with Crippen LogP contribution in [0.3, 0.4) is 0 Å². The van der Waals surface area contributed by atoms with Crippen molar-refractivity contribution >= 4 is 17.6 Å². The zero-order valence-corrected chi connectivity index (χ0v) is 10.9. The highest BCUT2D eigenvalue weighted by atomic mass is 19.1. The third-order valence-corrected chi connectivity index (χ3v) is 2.32. The molecule has 0 fully saturated rings. The molecule has 0 aliphatic carbocycles. The highest BCUT2D eigenvalue weighted by Gasteiger charge is 2.20. The average Bonchev–Trinajstić information content (AvgIpc) is 2.32. The van der Waals surface area contributed by atoms with Crippen LogP contribution >= 0.6 is 0 Å². The fourth-order valence-electron chi connectivity index (χ4n) is 1.19. The van der Waals surface area contributed by atoms with Crippen LogP contribution < -0.4 is 5.32 Å². The predicted molar refractivity (Wildman–Crippen MR) is 65.4 cm³/mol. The van der Waals surface area contributed by atoms with E-state index in [9.17, 15) is 18.4 Å². The van der Waals surface area contributed by atoms with Gasteiger partial charge in [0.05, 0.1) is 11.6 Å². The normalized spacial score (nSPS) is 12.1. The molecule has 0 saturated carbocycles. The van der Waals surface area contributed by atoms with Crippen molar-refractivity contribution in [1.29, 1.82) is 0 Å². The van der Waals surface area contributed by atoms with E-state index in [1.165, 1.54) is 6.92 Å². The average molecular weight is 271 g/mol. The zero-order valence-electron chi connectivity index (χ0n) is 10.9. The first-order valence-corrected chi connectivity index (χ1v) is 5.77. The molecular formula is C13H15F2NO3. The van der Waals surface area contributed by atoms with Gasteiger partial charge in [0.2, 0.25) is 0 Å². The summed E-state index contributed by atoms with van der Waals surface area (Å²) < 4.78 is 30.8. The highest BCUT2D eigenvalue weighted by Crippen LogP contribution is 2.15. The summed E-state index contributed by atoms with van der Waals surface area (Å²) in [5, 5.41) is 2.22. The Hall–Kier alpha value is -1.98. The van der Waals surface area contributed by atoms with Crippen molar-refractivity contribution in [2.45, 2.75) is 26.9 Å². The van der Waals surface area contributed by atoms with E-state index in [1.807, 2.05) is 0 Å². The second-order valence-corrected chi connectivity index (χ2v) is 4.35. The van der Waals surface area contributed by atoms with Gasteiger partial charge >= 0.3 is 5.97 Å². The fraction of sp³-hybridized carbons (Fsp3) is 0.385. The number of ether oxygens (including phenoxy) is 1. The molecule has 0 aliphatic rings. The van der Waals surface area contributed by atoms with Crippen LogP contribution in [0.25, 0.3) is 0 Å². The van der Waals surface area contributed by atoms with E-state index in [4.69, 9.17) is 4.74 Å². The minimum atomic E-state index is -1.06. The van der Waals surface area contributed by atoms with Crippen LogP contribution in [0.2, 0.25) is 0 Å². The Balaban J connectivity index is 2.66. The smallest absolute Gasteiger partial charge is 0.309 e. The lowest BCUT2D eigenvalue weighted by molar-refractivity contribution is -0.156. The number of esters is 1. The number of carbonyl (C=O) groups excluding carboxylic acids is 2. The molecule has 1 atom stereocenters. The van der Waals surface area contributed by atoms with E-state index in [1.54, 1.807) is 13.8 Å². The molecule has 0 bridgehead atoms. The van der Waals surface area contributed by atoms with Gasteiger partial charge in [-0.2, -0.15) is 0 Å². The van der Waals surface area contributed by atoms with Crippen molar-refractivity contribution in [1.82, 2.24) is 0 Å². The van der Waals surface area contributed by atoms with Crippen molar-refractivity contribution in [3.63, 3.8) is 0 Å². The van der Waals surface area contributed by atoms with Crippen molar-refractivity contribution < 1.29 is 23.1 Å². The van der Waals surface area contributed by atoms with E-state index >= 15 is 0 Å². The molecule has 1 aromatic rings. The number of nitrogens with one attached hydrogen (secondary N) is 1. The van der Waals surface area contributed by atoms with Crippen LogP contribution in [0.5, 0.6) is 0 Å². The quantitative estimate of drug-likeness (QED) is 0.856. The van der Waals surface area contributed by atoms with Gasteiger partial charge in [-0.05, 0) is 19.1 Å². The second kappa shape index (κ2) is 6.26. The summed E-state index contributed by atoms with van der Waals surface area (Å²) in [4.78, 5) is 23.0. The Morgan fingerprint density at radius 1 is 1.21 bits per heavy atom. The number of anilines is 1. The molecular weight excluding hydrogens is 256 g/mol. The summed E-state index contributed by atoms with van der Waals surface area (Å²) in [5.74, 6) is -3.20. The first-order chi connectivity index (χ1) is 8.81. The Kier molecular flexibility index (Phi) is 4.97. The van der Waals surface area contributed by atoms with Gasteiger partial charge in [0, 0.05) is 6.07 Å². The van der Waals surface area contributed by atoms with Crippen LogP contribution in [-0.2, 0) is 14.3 Å². The maximum absolute atomic E-state index is 13.3. The summed E-state index contributed by atoms with van der Waals surface area (Å²) >= 11 is 0. The third kappa shape index (κ3) is 4.31. The molecule has 1 unspecified atom stereocenters. The van der Waals surface area contributed by atoms with Crippen molar-refractivity contribution in [2.24, 2.45) is 5.92 Å². The first kappa shape index (κ1) is 15.1. The SMILES string of the molecule is CC(C)C(=O)OC(C)C(=O)Nc1ccc(F)cc1F. The molecule has 19 heavy (non-hydrogen) atoms. The topological polar surface area (TPSA) is 55.4 Å². The van der Waals surface area contributed by atoms with Gasteiger partial charge < -0.3 is 10.1 Å². The molecule has 0 aromatic heterocycles. The van der Waals surface area contributed by atoms with Gasteiger partial charge in [0.25, 0.3) is 5.91 Å². The lowest BCUT2D eigenvalue weighted by atomic mass is 10.2. The number of benzene rings is 1. The van der Waals surface area contributed by atoms with Crippen LogP contribution in [0.4, 0.5) is 14.5 Å². The number of amides is 1. The minimum absolute atomic E-state index is 0.168. The predicted octanol–water partition coefficient (Wildman–Crippen LogP) is 2.49. The Morgan fingerprint density at radius 3 is 2.37 bits per heavy atom. The molecule has 0 saturated heterocycles. The number of halogens is 2. The lowest BCUT2D eigenvalue weighted by Gasteiger charge is -2.15. The van der Waals surface area contributed by atoms with Gasteiger partial charge in [0.1, 0.15) is 11.6 Å². The van der Waals surface area contributed by atoms with E-state index in [0.717, 1.165) is 12.1 Å². The molecule has 6 heteroatoms. The Bertz CT molecular complexity index is 489. The van der Waals surface area contributed by atoms with Crippen LogP contribution in [-0.4, -0.2) is 18.0 Å². The molecule has 104 valence electrons. The monoisotopic (exact) mass is 271 g/mol. The van der Waals surface area contributed by atoms with Gasteiger partial charge in [0.15, 0.2) is 6.10 Å². The minimum Gasteiger partial charge on any atom is -0.452 e. The third-order valence-electron chi connectivity index (χ3n) is 2.32. The van der Waals surface area contributed by atoms with Gasteiger partial charge in [-0.15, -0.1) is 0 Å². The summed E-state index contributed by atoms with van der Waals surface area (Å²) in [6, 6.07) is 2.77. The number of carbonyl (C=O) groups is 2. The van der Waals surface area contributed by atoms with Crippen molar-refractivity contribution in [3.8, 4) is 0 Å². The molecule has 1 N–H and O–H groups in total. The highest BCUT2D eigenvalue weighted by molar-refractivity contribution is 5.95. The number of rotatable bonds is 4. The molecule has 0 heterocycles. The van der Waals surface area contributed by atoms with E-state index in [2.05, 4.69) is 5.32 Å². The Morgan fingerprint density at radius 2 is 1.84 bits per heavy atom. The number of hydrogen-bond acceptors (Lipinski definition) is 3. The van der Waals surface area contributed by atoms with E-state index < -0.39 is 29.6 Å². The van der Waals surface area contributed by atoms with Crippen molar-refractivity contribution in [3.05, 3.63) is 29.8 Å². The molecule has 1 rings (SSSR count). The van der Waals surface area contributed by atoms with Crippen LogP contribution in [0, 0.1) is 17.6 Å². The standard InChI is InChI=1S/C13H15F2NO3/c1-7(2)13(18)19-8(3)12(17)16-11-5-4-9(14)6-10(11)15/h4-8H,1-3H3,(H,16,17). The summed E-state index contributed by atoms with van der Waals surface area (Å²) in [6.45, 7) is 4.64. The largest absolute Gasteiger partial charge is 0.452 e. The van der Waals surface area contributed by atoms with Crippen molar-refractivity contribution in [2.75, 3.05) is 5.32 Å². The van der Waals surface area contributed by atoms with Crippen LogP contribution in [0.1, 0.15) is 20.8 Å². The maximum atomic E-state index is 13.3. The summed E-state index contributed by atoms with van der Waals surface area (Å²) in [5.41, 5.74) is -0.168. The second-order valence-electron chi connectivity index (χ2n) is 4.35. The summed E-state index contributed by atoms with van der Waals surface area (Å²) in [6.07, 6.45) is -1.06. The maximum Gasteiger partial charge on any atom is 0.309 e. The number of hydrogen-bond donors (Lipinski definition) is 1. The molecule has 1 amide bonds. The van der Waals surface area contributed by atoms with Gasteiger partial charge in [-0.3, -0.25) is 9.59 Å². The summed E-state index contributed by atoms with van der Waals surface area (Å²) in [7, 11) is 0. The zero-order chi connectivity index (χ0) is 14.6.